The first kappa shape index (κ1) is 37.7. The van der Waals surface area contributed by atoms with Gasteiger partial charge in [0.05, 0.1) is 31.3 Å². The molecule has 2 N–H and O–H groups in total. The minimum Gasteiger partial charge on any atom is -0.481 e. The maximum absolute atomic E-state index is 13.6. The SMILES string of the molecule is COC[C@]12C[C@@H](n3ncnc3-c3ccncc3)[C@H](OC[C@H]3CCCN3)C(C)(C)[C@@H]1CC[C@H]1C2=CC[C@@]2(C)[C@H](C(=O)O)[C@@](C)([C@H](C)C(C)C)CC[C@]12C. The van der Waals surface area contributed by atoms with Gasteiger partial charge < -0.3 is 19.9 Å². The summed E-state index contributed by atoms with van der Waals surface area (Å²) in [5.41, 5.74) is 1.24. The smallest absolute Gasteiger partial charge is 0.307 e. The minimum absolute atomic E-state index is 0.0810. The van der Waals surface area contributed by atoms with Gasteiger partial charge in [-0.1, -0.05) is 67.0 Å². The van der Waals surface area contributed by atoms with Crippen molar-refractivity contribution in [1.82, 2.24) is 25.1 Å². The molecule has 9 nitrogen and oxygen atoms in total. The first-order valence-electron chi connectivity index (χ1n) is 20.2. The van der Waals surface area contributed by atoms with Crippen LogP contribution in [0.25, 0.3) is 11.4 Å². The quantitative estimate of drug-likeness (QED) is 0.237. The van der Waals surface area contributed by atoms with Gasteiger partial charge in [0.1, 0.15) is 6.33 Å². The molecule has 1 saturated heterocycles. The lowest BCUT2D eigenvalue weighted by molar-refractivity contribution is -0.208. The van der Waals surface area contributed by atoms with E-state index in [2.05, 4.69) is 76.4 Å². The summed E-state index contributed by atoms with van der Waals surface area (Å²) in [7, 11) is 1.86. The molecule has 0 radical (unpaired) electrons. The van der Waals surface area contributed by atoms with Crippen LogP contribution in [-0.2, 0) is 14.3 Å². The molecule has 0 spiro atoms. The molecule has 2 aromatic heterocycles. The van der Waals surface area contributed by atoms with Gasteiger partial charge in [0.25, 0.3) is 0 Å². The highest BCUT2D eigenvalue weighted by molar-refractivity contribution is 5.73. The van der Waals surface area contributed by atoms with Crippen molar-refractivity contribution >= 4 is 5.97 Å². The number of fused-ring (bicyclic) bond motifs is 5. The topological polar surface area (TPSA) is 111 Å². The second-order valence-corrected chi connectivity index (χ2v) is 19.2. The number of carboxylic acids is 1. The fraction of sp³-hybridized carbons (Fsp3) is 0.767. The van der Waals surface area contributed by atoms with Crippen molar-refractivity contribution < 1.29 is 19.4 Å². The number of rotatable bonds is 10. The number of aromatic nitrogens is 4. The Balaban J connectivity index is 1.35. The lowest BCUT2D eigenvalue weighted by Crippen LogP contribution is -2.66. The van der Waals surface area contributed by atoms with Gasteiger partial charge in [0.2, 0.25) is 0 Å². The summed E-state index contributed by atoms with van der Waals surface area (Å²) in [4.78, 5) is 22.7. The van der Waals surface area contributed by atoms with Crippen LogP contribution in [0, 0.1) is 56.7 Å². The molecule has 2 aromatic rings. The third-order valence-corrected chi connectivity index (χ3v) is 16.4. The Morgan fingerprint density at radius 2 is 1.81 bits per heavy atom. The fourth-order valence-corrected chi connectivity index (χ4v) is 13.3. The van der Waals surface area contributed by atoms with E-state index in [0.717, 1.165) is 62.9 Å². The van der Waals surface area contributed by atoms with Gasteiger partial charge >= 0.3 is 5.97 Å². The molecule has 0 unspecified atom stereocenters. The van der Waals surface area contributed by atoms with Gasteiger partial charge in [-0.15, -0.1) is 0 Å². The molecule has 7 rings (SSSR count). The lowest BCUT2D eigenvalue weighted by atomic mass is 9.34. The van der Waals surface area contributed by atoms with Crippen molar-refractivity contribution in [3.8, 4) is 11.4 Å². The van der Waals surface area contributed by atoms with Crippen molar-refractivity contribution in [2.24, 2.45) is 56.7 Å². The molecule has 1 aliphatic heterocycles. The number of hydrogen-bond acceptors (Lipinski definition) is 7. The average molecular weight is 716 g/mol. The third-order valence-electron chi connectivity index (χ3n) is 16.4. The largest absolute Gasteiger partial charge is 0.481 e. The van der Waals surface area contributed by atoms with Crippen LogP contribution >= 0.6 is 0 Å². The van der Waals surface area contributed by atoms with Crippen molar-refractivity contribution in [3.05, 3.63) is 42.5 Å². The molecule has 52 heavy (non-hydrogen) atoms. The summed E-state index contributed by atoms with van der Waals surface area (Å²) in [6.07, 6.45) is 15.8. The van der Waals surface area contributed by atoms with Crippen LogP contribution in [-0.4, -0.2) is 69.8 Å². The first-order valence-corrected chi connectivity index (χ1v) is 20.2. The van der Waals surface area contributed by atoms with Crippen LogP contribution in [0.15, 0.2) is 42.5 Å². The predicted molar refractivity (Wildman–Crippen MR) is 203 cm³/mol. The maximum atomic E-state index is 13.6. The molecule has 9 heteroatoms. The van der Waals surface area contributed by atoms with Crippen molar-refractivity contribution in [2.45, 2.75) is 125 Å². The minimum atomic E-state index is -0.619. The Morgan fingerprint density at radius 3 is 2.46 bits per heavy atom. The molecular formula is C43H65N5O4. The van der Waals surface area contributed by atoms with Crippen LogP contribution in [0.5, 0.6) is 0 Å². The molecule has 0 amide bonds. The second kappa shape index (κ2) is 13.6. The predicted octanol–water partition coefficient (Wildman–Crippen LogP) is 8.24. The lowest BCUT2D eigenvalue weighted by Gasteiger charge is -2.70. The molecule has 0 aromatic carbocycles. The number of allylic oxidation sites excluding steroid dienone is 1. The number of carboxylic acid groups (broad SMARTS) is 1. The van der Waals surface area contributed by atoms with Gasteiger partial charge in [-0.3, -0.25) is 9.78 Å². The molecular weight excluding hydrogens is 651 g/mol. The van der Waals surface area contributed by atoms with Gasteiger partial charge in [0.15, 0.2) is 5.82 Å². The Morgan fingerprint density at radius 1 is 1.06 bits per heavy atom. The zero-order valence-electron chi connectivity index (χ0n) is 33.3. The molecule has 4 aliphatic carbocycles. The number of carbonyl (C=O) groups is 1. The van der Waals surface area contributed by atoms with E-state index in [9.17, 15) is 9.90 Å². The van der Waals surface area contributed by atoms with E-state index in [1.54, 1.807) is 6.33 Å². The van der Waals surface area contributed by atoms with Crippen molar-refractivity contribution in [2.75, 3.05) is 26.9 Å². The molecule has 3 saturated carbocycles. The van der Waals surface area contributed by atoms with E-state index >= 15 is 0 Å². The fourth-order valence-electron chi connectivity index (χ4n) is 13.3. The zero-order chi connectivity index (χ0) is 37.3. The van der Waals surface area contributed by atoms with Crippen LogP contribution in [0.2, 0.25) is 0 Å². The van der Waals surface area contributed by atoms with E-state index < -0.39 is 11.9 Å². The van der Waals surface area contributed by atoms with E-state index in [0.29, 0.717) is 37.0 Å². The van der Waals surface area contributed by atoms with Crippen LogP contribution in [0.3, 0.4) is 0 Å². The molecule has 4 fully saturated rings. The summed E-state index contributed by atoms with van der Waals surface area (Å²) in [6.45, 7) is 21.1. The van der Waals surface area contributed by atoms with Crippen molar-refractivity contribution in [1.29, 1.82) is 0 Å². The molecule has 5 aliphatic rings. The molecule has 0 bridgehead atoms. The highest BCUT2D eigenvalue weighted by atomic mass is 16.5. The highest BCUT2D eigenvalue weighted by Crippen LogP contribution is 2.75. The number of hydrogen-bond donors (Lipinski definition) is 2. The van der Waals surface area contributed by atoms with Gasteiger partial charge in [-0.2, -0.15) is 5.10 Å². The summed E-state index contributed by atoms with van der Waals surface area (Å²) < 4.78 is 15.7. The number of methoxy groups -OCH3 is 1. The van der Waals surface area contributed by atoms with Crippen LogP contribution in [0.4, 0.5) is 0 Å². The summed E-state index contributed by atoms with van der Waals surface area (Å²) in [6, 6.07) is 4.31. The van der Waals surface area contributed by atoms with E-state index in [-0.39, 0.29) is 45.1 Å². The first-order chi connectivity index (χ1) is 24.7. The number of ether oxygens (including phenoxy) is 2. The summed E-state index contributed by atoms with van der Waals surface area (Å²) >= 11 is 0. The standard InChI is InChI=1S/C43H65N5O4/c1-27(2)28(3)40(6)18-19-41(7)31-12-13-34-39(4,5)36(52-24-30-11-10-20-45-30)33(48-37(46-26-47-48)29-15-21-44-22-16-29)23-43(34,25-51-9)32(31)14-17-42(41,8)35(40)38(49)50/h14-16,21-22,26-28,30-31,33-36,45H,10-13,17-20,23-25H2,1-9H3,(H,49,50)/t28-,30-,31+,33-,34+,35-,36+,40-,41-,42+,43+/m1/s1. The number of nitrogens with one attached hydrogen (secondary N) is 1. The van der Waals surface area contributed by atoms with E-state index in [1.165, 1.54) is 12.0 Å². The highest BCUT2D eigenvalue weighted by Gasteiger charge is 2.70. The van der Waals surface area contributed by atoms with Gasteiger partial charge in [0, 0.05) is 36.5 Å². The third kappa shape index (κ3) is 5.56. The Hall–Kier alpha value is -2.62. The van der Waals surface area contributed by atoms with Gasteiger partial charge in [-0.05, 0) is 115 Å². The van der Waals surface area contributed by atoms with Crippen LogP contribution < -0.4 is 5.32 Å². The second-order valence-electron chi connectivity index (χ2n) is 19.2. The van der Waals surface area contributed by atoms with E-state index in [4.69, 9.17) is 19.6 Å². The maximum Gasteiger partial charge on any atom is 0.307 e. The number of aliphatic carboxylic acids is 1. The zero-order valence-corrected chi connectivity index (χ0v) is 33.3. The normalized spacial score (nSPS) is 40.4. The molecule has 286 valence electrons. The Kier molecular flexibility index (Phi) is 9.85. The van der Waals surface area contributed by atoms with E-state index in [1.807, 2.05) is 31.6 Å². The summed E-state index contributed by atoms with van der Waals surface area (Å²) in [5, 5.41) is 19.8. The monoisotopic (exact) mass is 716 g/mol. The average Bonchev–Trinajstić information content (AvgIpc) is 3.81. The molecule has 3 heterocycles. The number of nitrogens with zero attached hydrogens (tertiary/aromatic N) is 4. The Labute approximate surface area is 312 Å². The van der Waals surface area contributed by atoms with Crippen LogP contribution in [0.1, 0.15) is 113 Å². The Bertz CT molecular complexity index is 1630. The summed E-state index contributed by atoms with van der Waals surface area (Å²) in [5.74, 6) is 1.14. The molecule has 11 atom stereocenters. The van der Waals surface area contributed by atoms with Crippen molar-refractivity contribution in [3.63, 3.8) is 0 Å². The van der Waals surface area contributed by atoms with Gasteiger partial charge in [-0.25, -0.2) is 9.67 Å². The number of pyridine rings is 1.